The number of hydrogen-bond donors (Lipinski definition) is 0. The van der Waals surface area contributed by atoms with E-state index in [0.717, 1.165) is 40.5 Å². The van der Waals surface area contributed by atoms with E-state index in [1.807, 2.05) is 54.6 Å². The van der Waals surface area contributed by atoms with Crippen molar-refractivity contribution in [2.75, 3.05) is 25.2 Å². The van der Waals surface area contributed by atoms with Gasteiger partial charge in [-0.05, 0) is 35.4 Å². The molecule has 7 heteroatoms. The van der Waals surface area contributed by atoms with Crippen molar-refractivity contribution in [3.8, 4) is 5.75 Å². The minimum absolute atomic E-state index is 0.109. The third-order valence-corrected chi connectivity index (χ3v) is 6.54. The van der Waals surface area contributed by atoms with E-state index in [-0.39, 0.29) is 30.4 Å². The normalized spacial score (nSPS) is 20.7. The molecular formula is C23H24N2O4S. The van der Waals surface area contributed by atoms with Crippen LogP contribution >= 0.6 is 11.8 Å². The Balaban J connectivity index is 1.52. The second kappa shape index (κ2) is 9.34. The van der Waals surface area contributed by atoms with Gasteiger partial charge in [0.05, 0.1) is 24.8 Å². The monoisotopic (exact) mass is 424 g/mol. The first-order valence-electron chi connectivity index (χ1n) is 9.99. The van der Waals surface area contributed by atoms with E-state index in [9.17, 15) is 9.59 Å². The van der Waals surface area contributed by atoms with E-state index in [4.69, 9.17) is 9.47 Å². The van der Waals surface area contributed by atoms with Gasteiger partial charge in [-0.15, -0.1) is 0 Å². The number of carbonyl (C=O) groups excluding carboxylic acids is 2. The first-order chi connectivity index (χ1) is 14.7. The zero-order chi connectivity index (χ0) is 20.9. The van der Waals surface area contributed by atoms with Crippen molar-refractivity contribution in [3.05, 3.63) is 65.7 Å². The summed E-state index contributed by atoms with van der Waals surface area (Å²) < 4.78 is 10.6. The molecule has 0 N–H and O–H groups in total. The van der Waals surface area contributed by atoms with Crippen LogP contribution in [0.3, 0.4) is 0 Å². The minimum Gasteiger partial charge on any atom is -0.497 e. The molecule has 2 heterocycles. The van der Waals surface area contributed by atoms with Crippen LogP contribution in [0.25, 0.3) is 0 Å². The molecule has 0 aromatic heterocycles. The van der Waals surface area contributed by atoms with Crippen LogP contribution in [-0.4, -0.2) is 47.8 Å². The molecule has 0 unspecified atom stereocenters. The Morgan fingerprint density at radius 1 is 1.13 bits per heavy atom. The van der Waals surface area contributed by atoms with Crippen LogP contribution in [0.5, 0.6) is 5.75 Å². The van der Waals surface area contributed by atoms with E-state index in [2.05, 4.69) is 5.10 Å². The summed E-state index contributed by atoms with van der Waals surface area (Å²) in [5, 5.41) is 6.07. The number of ether oxygens (including phenoxy) is 2. The second-order valence-electron chi connectivity index (χ2n) is 7.31. The van der Waals surface area contributed by atoms with Crippen LogP contribution in [0.15, 0.2) is 59.7 Å². The molecule has 6 nitrogen and oxygen atoms in total. The molecule has 2 aliphatic rings. The van der Waals surface area contributed by atoms with Crippen molar-refractivity contribution in [1.82, 2.24) is 5.01 Å². The van der Waals surface area contributed by atoms with Crippen LogP contribution in [0.4, 0.5) is 0 Å². The van der Waals surface area contributed by atoms with Gasteiger partial charge < -0.3 is 9.47 Å². The zero-order valence-electron chi connectivity index (χ0n) is 16.8. The molecule has 2 atom stereocenters. The molecule has 30 heavy (non-hydrogen) atoms. The maximum atomic E-state index is 13.0. The van der Waals surface area contributed by atoms with Gasteiger partial charge in [0.2, 0.25) is 0 Å². The Kier molecular flexibility index (Phi) is 6.38. The molecule has 0 radical (unpaired) electrons. The molecule has 1 amide bonds. The Labute approximate surface area is 180 Å². The van der Waals surface area contributed by atoms with E-state index < -0.39 is 0 Å². The van der Waals surface area contributed by atoms with E-state index >= 15 is 0 Å². The molecular weight excluding hydrogens is 400 g/mol. The molecule has 0 saturated carbocycles. The first kappa shape index (κ1) is 20.5. The molecule has 2 aliphatic heterocycles. The van der Waals surface area contributed by atoms with E-state index in [0.29, 0.717) is 6.42 Å². The van der Waals surface area contributed by atoms with Gasteiger partial charge in [0.15, 0.2) is 6.61 Å². The molecule has 1 saturated heterocycles. The number of carbonyl (C=O) groups is 2. The molecule has 0 aliphatic carbocycles. The third-order valence-electron chi connectivity index (χ3n) is 5.37. The van der Waals surface area contributed by atoms with Crippen molar-refractivity contribution >= 4 is 29.4 Å². The van der Waals surface area contributed by atoms with Crippen molar-refractivity contribution < 1.29 is 19.1 Å². The van der Waals surface area contributed by atoms with Gasteiger partial charge >= 0.3 is 5.97 Å². The summed E-state index contributed by atoms with van der Waals surface area (Å²) >= 11 is 1.74. The minimum atomic E-state index is -0.319. The van der Waals surface area contributed by atoms with Crippen molar-refractivity contribution in [1.29, 1.82) is 0 Å². The number of hydrazone groups is 1. The summed E-state index contributed by atoms with van der Waals surface area (Å²) in [7, 11) is 1.62. The molecule has 0 spiro atoms. The van der Waals surface area contributed by atoms with E-state index in [1.165, 1.54) is 5.01 Å². The zero-order valence-corrected chi connectivity index (χ0v) is 17.6. The quantitative estimate of drug-likeness (QED) is 0.662. The van der Waals surface area contributed by atoms with Crippen molar-refractivity contribution in [3.63, 3.8) is 0 Å². The highest BCUT2D eigenvalue weighted by Crippen LogP contribution is 2.33. The van der Waals surface area contributed by atoms with Gasteiger partial charge in [-0.3, -0.25) is 9.59 Å². The van der Waals surface area contributed by atoms with Gasteiger partial charge in [0.25, 0.3) is 5.91 Å². The van der Waals surface area contributed by atoms with Gasteiger partial charge in [0, 0.05) is 12.2 Å². The average Bonchev–Trinajstić information content (AvgIpc) is 3.48. The lowest BCUT2D eigenvalue weighted by Crippen LogP contribution is -2.32. The smallest absolute Gasteiger partial charge is 0.310 e. The number of methoxy groups -OCH3 is 1. The Morgan fingerprint density at radius 2 is 1.90 bits per heavy atom. The fourth-order valence-corrected chi connectivity index (χ4v) is 4.87. The number of nitrogens with zero attached hydrogens (tertiary/aromatic N) is 2. The summed E-state index contributed by atoms with van der Waals surface area (Å²) in [5.41, 5.74) is 2.77. The SMILES string of the molecule is COc1ccc([C@@H]2CC(c3ccccc3)=NN2C(=O)COC(=O)[C@@H]2CCSC2)cc1. The van der Waals surface area contributed by atoms with Crippen LogP contribution in [0, 0.1) is 5.92 Å². The third kappa shape index (κ3) is 4.51. The highest BCUT2D eigenvalue weighted by Gasteiger charge is 2.34. The molecule has 2 aromatic rings. The predicted octanol–water partition coefficient (Wildman–Crippen LogP) is 3.67. The summed E-state index contributed by atoms with van der Waals surface area (Å²) in [6.07, 6.45) is 1.40. The Bertz CT molecular complexity index is 924. The average molecular weight is 425 g/mol. The maximum absolute atomic E-state index is 13.0. The van der Waals surface area contributed by atoms with Gasteiger partial charge in [0.1, 0.15) is 5.75 Å². The number of amides is 1. The Morgan fingerprint density at radius 3 is 2.57 bits per heavy atom. The molecule has 156 valence electrons. The van der Waals surface area contributed by atoms with Crippen LogP contribution in [0.1, 0.15) is 30.0 Å². The fraction of sp³-hybridized carbons (Fsp3) is 0.348. The van der Waals surface area contributed by atoms with Crippen LogP contribution in [0.2, 0.25) is 0 Å². The molecule has 0 bridgehead atoms. The van der Waals surface area contributed by atoms with Crippen LogP contribution in [-0.2, 0) is 14.3 Å². The summed E-state index contributed by atoms with van der Waals surface area (Å²) in [4.78, 5) is 25.2. The lowest BCUT2D eigenvalue weighted by molar-refractivity contribution is -0.155. The first-order valence-corrected chi connectivity index (χ1v) is 11.1. The number of hydrogen-bond acceptors (Lipinski definition) is 6. The predicted molar refractivity (Wildman–Crippen MR) is 117 cm³/mol. The lowest BCUT2D eigenvalue weighted by Gasteiger charge is -2.22. The van der Waals surface area contributed by atoms with Crippen molar-refractivity contribution in [2.24, 2.45) is 11.0 Å². The second-order valence-corrected chi connectivity index (χ2v) is 8.46. The fourth-order valence-electron chi connectivity index (χ4n) is 3.67. The number of thioether (sulfide) groups is 1. The lowest BCUT2D eigenvalue weighted by atomic mass is 9.98. The standard InChI is InChI=1S/C23H24N2O4S/c1-28-19-9-7-17(8-10-19)21-13-20(16-5-3-2-4-6-16)24-25(21)22(26)14-29-23(27)18-11-12-30-15-18/h2-10,18,21H,11-15H2,1H3/t18-,21+/m1/s1. The van der Waals surface area contributed by atoms with E-state index in [1.54, 1.807) is 18.9 Å². The maximum Gasteiger partial charge on any atom is 0.310 e. The molecule has 2 aromatic carbocycles. The topological polar surface area (TPSA) is 68.2 Å². The Hall–Kier alpha value is -2.80. The van der Waals surface area contributed by atoms with Crippen LogP contribution < -0.4 is 4.74 Å². The van der Waals surface area contributed by atoms with Gasteiger partial charge in [-0.1, -0.05) is 42.5 Å². The van der Waals surface area contributed by atoms with Gasteiger partial charge in [-0.2, -0.15) is 16.9 Å². The molecule has 4 rings (SSSR count). The van der Waals surface area contributed by atoms with Crippen molar-refractivity contribution in [2.45, 2.75) is 18.9 Å². The number of benzene rings is 2. The molecule has 1 fully saturated rings. The number of esters is 1. The van der Waals surface area contributed by atoms with Gasteiger partial charge in [-0.25, -0.2) is 5.01 Å². The summed E-state index contributed by atoms with van der Waals surface area (Å²) in [6.45, 7) is -0.293. The largest absolute Gasteiger partial charge is 0.497 e. The summed E-state index contributed by atoms with van der Waals surface area (Å²) in [6, 6.07) is 17.2. The number of rotatable bonds is 6. The summed E-state index contributed by atoms with van der Waals surface area (Å²) in [5.74, 6) is 1.76. The highest BCUT2D eigenvalue weighted by molar-refractivity contribution is 7.99. The highest BCUT2D eigenvalue weighted by atomic mass is 32.2.